The predicted molar refractivity (Wildman–Crippen MR) is 77.9 cm³/mol. The highest BCUT2D eigenvalue weighted by molar-refractivity contribution is 6.30. The van der Waals surface area contributed by atoms with Crippen molar-refractivity contribution < 1.29 is 5.11 Å². The van der Waals surface area contributed by atoms with Gasteiger partial charge in [-0.3, -0.25) is 0 Å². The Labute approximate surface area is 120 Å². The van der Waals surface area contributed by atoms with E-state index >= 15 is 0 Å². The summed E-state index contributed by atoms with van der Waals surface area (Å²) in [5, 5.41) is 22.5. The number of aliphatic hydroxyl groups excluding tert-OH is 1. The zero-order valence-corrected chi connectivity index (χ0v) is 12.2. The van der Waals surface area contributed by atoms with Gasteiger partial charge >= 0.3 is 0 Å². The van der Waals surface area contributed by atoms with Crippen LogP contribution in [0.5, 0.6) is 0 Å². The molecule has 0 saturated carbocycles. The minimum Gasteiger partial charge on any atom is -0.387 e. The molecular formula is C15H21ClN2O. The maximum Gasteiger partial charge on any atom is 0.0914 e. The molecule has 0 aliphatic rings. The van der Waals surface area contributed by atoms with Crippen molar-refractivity contribution in [3.05, 3.63) is 34.9 Å². The van der Waals surface area contributed by atoms with Crippen molar-refractivity contribution in [2.45, 2.75) is 32.8 Å². The van der Waals surface area contributed by atoms with E-state index in [4.69, 9.17) is 16.9 Å². The van der Waals surface area contributed by atoms with Gasteiger partial charge in [0, 0.05) is 24.5 Å². The van der Waals surface area contributed by atoms with E-state index < -0.39 is 6.10 Å². The SMILES string of the molecule is CC(C)(CCC#N)CNCC(O)c1ccc(Cl)cc1. The van der Waals surface area contributed by atoms with E-state index in [1.807, 2.05) is 12.1 Å². The number of nitrogens with zero attached hydrogens (tertiary/aromatic N) is 1. The number of halogens is 1. The maximum absolute atomic E-state index is 10.0. The highest BCUT2D eigenvalue weighted by Gasteiger charge is 2.17. The first-order valence-electron chi connectivity index (χ1n) is 6.46. The Balaban J connectivity index is 2.36. The lowest BCUT2D eigenvalue weighted by Crippen LogP contribution is -2.32. The Bertz CT molecular complexity index is 423. The van der Waals surface area contributed by atoms with Crippen LogP contribution >= 0.6 is 11.6 Å². The van der Waals surface area contributed by atoms with Crippen LogP contribution in [-0.4, -0.2) is 18.2 Å². The Hall–Kier alpha value is -1.08. The van der Waals surface area contributed by atoms with Crippen LogP contribution in [0.25, 0.3) is 0 Å². The molecule has 1 aromatic carbocycles. The van der Waals surface area contributed by atoms with Gasteiger partial charge in [0.15, 0.2) is 0 Å². The van der Waals surface area contributed by atoms with Crippen molar-refractivity contribution >= 4 is 11.6 Å². The van der Waals surface area contributed by atoms with Gasteiger partial charge in [0.25, 0.3) is 0 Å². The maximum atomic E-state index is 10.0. The van der Waals surface area contributed by atoms with Crippen LogP contribution in [0.2, 0.25) is 5.02 Å². The normalized spacial score (nSPS) is 13.0. The van der Waals surface area contributed by atoms with Crippen molar-refractivity contribution in [2.75, 3.05) is 13.1 Å². The fourth-order valence-corrected chi connectivity index (χ4v) is 1.96. The molecule has 1 aromatic rings. The minimum atomic E-state index is -0.538. The van der Waals surface area contributed by atoms with Crippen LogP contribution in [0, 0.1) is 16.7 Å². The summed E-state index contributed by atoms with van der Waals surface area (Å²) in [5.41, 5.74) is 0.918. The van der Waals surface area contributed by atoms with Crippen molar-refractivity contribution in [3.63, 3.8) is 0 Å². The molecule has 0 fully saturated rings. The fraction of sp³-hybridized carbons (Fsp3) is 0.533. The first-order chi connectivity index (χ1) is 8.94. The fourth-order valence-electron chi connectivity index (χ4n) is 1.83. The van der Waals surface area contributed by atoms with Gasteiger partial charge in [-0.1, -0.05) is 37.6 Å². The van der Waals surface area contributed by atoms with Crippen LogP contribution in [0.1, 0.15) is 38.4 Å². The van der Waals surface area contributed by atoms with Crippen LogP contribution in [0.15, 0.2) is 24.3 Å². The highest BCUT2D eigenvalue weighted by atomic mass is 35.5. The molecule has 4 heteroatoms. The van der Waals surface area contributed by atoms with Gasteiger partial charge in [-0.2, -0.15) is 5.26 Å². The molecule has 0 saturated heterocycles. The summed E-state index contributed by atoms with van der Waals surface area (Å²) in [6.07, 6.45) is 0.881. The molecule has 1 atom stereocenters. The zero-order valence-electron chi connectivity index (χ0n) is 11.5. The predicted octanol–water partition coefficient (Wildman–Crippen LogP) is 3.29. The molecule has 0 heterocycles. The van der Waals surface area contributed by atoms with E-state index in [2.05, 4.69) is 25.2 Å². The van der Waals surface area contributed by atoms with Crippen LogP contribution in [-0.2, 0) is 0 Å². The van der Waals surface area contributed by atoms with Gasteiger partial charge in [0.05, 0.1) is 12.2 Å². The molecule has 0 radical (unpaired) electrons. The van der Waals surface area contributed by atoms with Gasteiger partial charge in [-0.15, -0.1) is 0 Å². The third-order valence-corrected chi connectivity index (χ3v) is 3.36. The first-order valence-corrected chi connectivity index (χ1v) is 6.83. The number of rotatable bonds is 7. The van der Waals surface area contributed by atoms with E-state index in [1.165, 1.54) is 0 Å². The molecule has 19 heavy (non-hydrogen) atoms. The number of benzene rings is 1. The number of hydrogen-bond donors (Lipinski definition) is 2. The summed E-state index contributed by atoms with van der Waals surface area (Å²) in [5.74, 6) is 0. The zero-order chi connectivity index (χ0) is 14.3. The van der Waals surface area contributed by atoms with Gasteiger partial charge < -0.3 is 10.4 Å². The molecule has 0 aromatic heterocycles. The summed E-state index contributed by atoms with van der Waals surface area (Å²) in [6.45, 7) is 5.51. The Kier molecular flexibility index (Phi) is 6.30. The van der Waals surface area contributed by atoms with E-state index in [0.717, 1.165) is 18.5 Å². The van der Waals surface area contributed by atoms with E-state index in [0.29, 0.717) is 18.0 Å². The lowest BCUT2D eigenvalue weighted by atomic mass is 9.88. The Morgan fingerprint density at radius 2 is 2.00 bits per heavy atom. The van der Waals surface area contributed by atoms with Crippen LogP contribution in [0.3, 0.4) is 0 Å². The Morgan fingerprint density at radius 3 is 2.58 bits per heavy atom. The average Bonchev–Trinajstić information content (AvgIpc) is 2.37. The quantitative estimate of drug-likeness (QED) is 0.806. The monoisotopic (exact) mass is 280 g/mol. The standard InChI is InChI=1S/C15H21ClN2O/c1-15(2,8-3-9-17)11-18-10-14(19)12-4-6-13(16)7-5-12/h4-7,14,18-19H,3,8,10-11H2,1-2H3. The third kappa shape index (κ3) is 6.07. The van der Waals surface area contributed by atoms with Gasteiger partial charge in [0.2, 0.25) is 0 Å². The highest BCUT2D eigenvalue weighted by Crippen LogP contribution is 2.21. The van der Waals surface area contributed by atoms with E-state index in [1.54, 1.807) is 12.1 Å². The second-order valence-electron chi connectivity index (χ2n) is 5.52. The lowest BCUT2D eigenvalue weighted by molar-refractivity contribution is 0.167. The molecule has 0 amide bonds. The number of nitrogens with one attached hydrogen (secondary N) is 1. The molecular weight excluding hydrogens is 260 g/mol. The number of aliphatic hydroxyl groups is 1. The van der Waals surface area contributed by atoms with Crippen molar-refractivity contribution in [1.29, 1.82) is 5.26 Å². The molecule has 1 rings (SSSR count). The van der Waals surface area contributed by atoms with Gasteiger partial charge in [0.1, 0.15) is 0 Å². The van der Waals surface area contributed by atoms with Crippen molar-refractivity contribution in [2.24, 2.45) is 5.41 Å². The molecule has 0 spiro atoms. The number of hydrogen-bond acceptors (Lipinski definition) is 3. The molecule has 0 bridgehead atoms. The summed E-state index contributed by atoms with van der Waals surface area (Å²) < 4.78 is 0. The largest absolute Gasteiger partial charge is 0.387 e. The Morgan fingerprint density at radius 1 is 1.37 bits per heavy atom. The van der Waals surface area contributed by atoms with E-state index in [-0.39, 0.29) is 5.41 Å². The van der Waals surface area contributed by atoms with Gasteiger partial charge in [-0.25, -0.2) is 0 Å². The molecule has 104 valence electrons. The summed E-state index contributed by atoms with van der Waals surface area (Å²) >= 11 is 5.81. The molecule has 1 unspecified atom stereocenters. The molecule has 2 N–H and O–H groups in total. The average molecular weight is 281 g/mol. The summed E-state index contributed by atoms with van der Waals surface area (Å²) in [7, 11) is 0. The third-order valence-electron chi connectivity index (χ3n) is 3.11. The van der Waals surface area contributed by atoms with Gasteiger partial charge in [-0.05, 0) is 29.5 Å². The minimum absolute atomic E-state index is 0.0649. The summed E-state index contributed by atoms with van der Waals surface area (Å²) in [4.78, 5) is 0. The first kappa shape index (κ1) is 16.0. The van der Waals surface area contributed by atoms with Crippen LogP contribution < -0.4 is 5.32 Å². The topological polar surface area (TPSA) is 56.0 Å². The van der Waals surface area contributed by atoms with Crippen LogP contribution in [0.4, 0.5) is 0 Å². The smallest absolute Gasteiger partial charge is 0.0914 e. The molecule has 0 aliphatic carbocycles. The molecule has 3 nitrogen and oxygen atoms in total. The summed E-state index contributed by atoms with van der Waals surface area (Å²) in [6, 6.07) is 9.37. The number of nitriles is 1. The van der Waals surface area contributed by atoms with Crippen molar-refractivity contribution in [3.8, 4) is 6.07 Å². The lowest BCUT2D eigenvalue weighted by Gasteiger charge is -2.24. The van der Waals surface area contributed by atoms with Crippen molar-refractivity contribution in [1.82, 2.24) is 5.32 Å². The molecule has 0 aliphatic heterocycles. The second kappa shape index (κ2) is 7.49. The van der Waals surface area contributed by atoms with E-state index in [9.17, 15) is 5.11 Å². The second-order valence-corrected chi connectivity index (χ2v) is 5.96.